The molecule has 1 heterocycles. The van der Waals surface area contributed by atoms with Crippen molar-refractivity contribution >= 4 is 17.8 Å². The number of halogens is 3. The predicted molar refractivity (Wildman–Crippen MR) is 103 cm³/mol. The van der Waals surface area contributed by atoms with E-state index in [4.69, 9.17) is 0 Å². The van der Waals surface area contributed by atoms with Gasteiger partial charge >= 0.3 is 12.2 Å². The van der Waals surface area contributed by atoms with Crippen LogP contribution >= 0.6 is 11.8 Å². The fraction of sp³-hybridized carbons (Fsp3) is 0.667. The molecule has 0 aromatic heterocycles. The number of thioether (sulfide) groups is 1. The van der Waals surface area contributed by atoms with Gasteiger partial charge in [0.05, 0.1) is 5.56 Å². The fourth-order valence-electron chi connectivity index (χ4n) is 6.39. The summed E-state index contributed by atoms with van der Waals surface area (Å²) in [7, 11) is 0. The van der Waals surface area contributed by atoms with Crippen LogP contribution in [0.25, 0.3) is 0 Å². The molecule has 2 amide bonds. The lowest BCUT2D eigenvalue weighted by molar-refractivity contribution is -0.137. The van der Waals surface area contributed by atoms with Crippen LogP contribution in [0.15, 0.2) is 24.3 Å². The normalized spacial score (nSPS) is 36.8. The van der Waals surface area contributed by atoms with E-state index >= 15 is 0 Å². The van der Waals surface area contributed by atoms with Crippen molar-refractivity contribution in [2.45, 2.75) is 55.6 Å². The Balaban J connectivity index is 1.34. The van der Waals surface area contributed by atoms with Crippen LogP contribution in [0.4, 0.5) is 18.0 Å². The van der Waals surface area contributed by atoms with Crippen LogP contribution < -0.4 is 5.32 Å². The van der Waals surface area contributed by atoms with Gasteiger partial charge in [-0.3, -0.25) is 0 Å². The molecule has 6 rings (SSSR count). The van der Waals surface area contributed by atoms with E-state index in [1.54, 1.807) is 22.7 Å². The van der Waals surface area contributed by atoms with Gasteiger partial charge in [0.2, 0.25) is 0 Å². The van der Waals surface area contributed by atoms with Crippen LogP contribution in [0.5, 0.6) is 0 Å². The third kappa shape index (κ3) is 3.29. The number of rotatable bonds is 2. The Labute approximate surface area is 167 Å². The van der Waals surface area contributed by atoms with Crippen molar-refractivity contribution in [2.24, 2.45) is 17.8 Å². The summed E-state index contributed by atoms with van der Waals surface area (Å²) in [5.74, 6) is 2.95. The molecule has 7 heteroatoms. The molecule has 4 aliphatic carbocycles. The molecule has 1 aromatic carbocycles. The molecule has 5 fully saturated rings. The predicted octanol–water partition coefficient (Wildman–Crippen LogP) is 5.43. The van der Waals surface area contributed by atoms with Crippen LogP contribution in [0.3, 0.4) is 0 Å². The maximum Gasteiger partial charge on any atom is 0.416 e. The molecular formula is C21H25F3N2OS. The molecule has 1 saturated heterocycles. The summed E-state index contributed by atoms with van der Waals surface area (Å²) < 4.78 is 39.3. The number of carbonyl (C=O) groups excluding carboxylic acids is 1. The molecule has 4 bridgehead atoms. The summed E-state index contributed by atoms with van der Waals surface area (Å²) in [6.45, 7) is 0.573. The van der Waals surface area contributed by atoms with Crippen molar-refractivity contribution in [3.63, 3.8) is 0 Å². The van der Waals surface area contributed by atoms with Gasteiger partial charge in [-0.2, -0.15) is 13.2 Å². The second-order valence-electron chi connectivity index (χ2n) is 9.17. The second-order valence-corrected chi connectivity index (χ2v) is 10.4. The molecule has 5 aliphatic rings. The van der Waals surface area contributed by atoms with Crippen molar-refractivity contribution in [1.29, 1.82) is 0 Å². The first-order valence-corrected chi connectivity index (χ1v) is 11.2. The second kappa shape index (κ2) is 6.57. The van der Waals surface area contributed by atoms with Crippen molar-refractivity contribution in [3.05, 3.63) is 35.4 Å². The summed E-state index contributed by atoms with van der Waals surface area (Å²) in [6, 6.07) is 5.31. The molecule has 1 atom stereocenters. The van der Waals surface area contributed by atoms with Crippen LogP contribution in [0, 0.1) is 17.8 Å². The van der Waals surface area contributed by atoms with Gasteiger partial charge in [0.15, 0.2) is 0 Å². The van der Waals surface area contributed by atoms with Gasteiger partial charge in [0, 0.05) is 17.8 Å². The topological polar surface area (TPSA) is 32.3 Å². The molecule has 1 aliphatic heterocycles. The minimum Gasteiger partial charge on any atom is -0.332 e. The highest BCUT2D eigenvalue weighted by atomic mass is 32.2. The number of carbonyl (C=O) groups is 1. The number of hydrogen-bond acceptors (Lipinski definition) is 2. The van der Waals surface area contributed by atoms with E-state index < -0.39 is 11.7 Å². The molecule has 152 valence electrons. The lowest BCUT2D eigenvalue weighted by Gasteiger charge is -2.57. The Morgan fingerprint density at radius 3 is 2.36 bits per heavy atom. The molecule has 1 unspecified atom stereocenters. The zero-order chi connectivity index (χ0) is 19.5. The molecule has 4 saturated carbocycles. The maximum atomic E-state index is 13.2. The zero-order valence-electron chi connectivity index (χ0n) is 15.7. The summed E-state index contributed by atoms with van der Waals surface area (Å²) in [4.78, 5) is 14.9. The highest BCUT2D eigenvalue weighted by molar-refractivity contribution is 7.99. The number of nitrogens with one attached hydrogen (secondary N) is 1. The molecule has 0 spiro atoms. The minimum absolute atomic E-state index is 0.0859. The molecule has 3 nitrogen and oxygen atoms in total. The Hall–Kier alpha value is -1.37. The lowest BCUT2D eigenvalue weighted by atomic mass is 9.53. The third-order valence-corrected chi connectivity index (χ3v) is 8.32. The van der Waals surface area contributed by atoms with Gasteiger partial charge in [0.1, 0.15) is 5.37 Å². The largest absolute Gasteiger partial charge is 0.416 e. The summed E-state index contributed by atoms with van der Waals surface area (Å²) >= 11 is 1.54. The number of amides is 2. The van der Waals surface area contributed by atoms with Gasteiger partial charge in [-0.15, -0.1) is 11.8 Å². The van der Waals surface area contributed by atoms with E-state index in [0.717, 1.165) is 48.8 Å². The average Bonchev–Trinajstić information content (AvgIpc) is 3.09. The van der Waals surface area contributed by atoms with E-state index in [-0.39, 0.29) is 16.9 Å². The Kier molecular flexibility index (Phi) is 4.38. The van der Waals surface area contributed by atoms with Gasteiger partial charge in [-0.05, 0) is 74.0 Å². The van der Waals surface area contributed by atoms with Crippen molar-refractivity contribution in [2.75, 3.05) is 12.3 Å². The van der Waals surface area contributed by atoms with E-state index in [2.05, 4.69) is 5.32 Å². The maximum absolute atomic E-state index is 13.2. The molecule has 1 N–H and O–H groups in total. The monoisotopic (exact) mass is 410 g/mol. The van der Waals surface area contributed by atoms with Crippen LogP contribution in [0.2, 0.25) is 0 Å². The van der Waals surface area contributed by atoms with Crippen molar-refractivity contribution in [1.82, 2.24) is 10.2 Å². The van der Waals surface area contributed by atoms with Gasteiger partial charge < -0.3 is 10.2 Å². The Morgan fingerprint density at radius 2 is 1.75 bits per heavy atom. The smallest absolute Gasteiger partial charge is 0.332 e. The van der Waals surface area contributed by atoms with Crippen molar-refractivity contribution in [3.8, 4) is 0 Å². The summed E-state index contributed by atoms with van der Waals surface area (Å²) in [5.41, 5.74) is -0.186. The highest BCUT2D eigenvalue weighted by Gasteiger charge is 2.52. The number of urea groups is 1. The van der Waals surface area contributed by atoms with E-state index in [1.165, 1.54) is 31.4 Å². The van der Waals surface area contributed by atoms with E-state index in [1.807, 2.05) is 0 Å². The van der Waals surface area contributed by atoms with Gasteiger partial charge in [-0.25, -0.2) is 4.79 Å². The number of nitrogens with zero attached hydrogens (tertiary/aromatic N) is 1. The zero-order valence-corrected chi connectivity index (χ0v) is 16.5. The number of benzene rings is 1. The lowest BCUT2D eigenvalue weighted by Crippen LogP contribution is -2.61. The van der Waals surface area contributed by atoms with Crippen LogP contribution in [0.1, 0.15) is 55.0 Å². The molecule has 1 aromatic rings. The number of alkyl halides is 3. The Bertz CT molecular complexity index is 746. The Morgan fingerprint density at radius 1 is 1.11 bits per heavy atom. The van der Waals surface area contributed by atoms with E-state index in [0.29, 0.717) is 12.1 Å². The van der Waals surface area contributed by atoms with Gasteiger partial charge in [0.25, 0.3) is 0 Å². The molecule has 0 radical (unpaired) electrons. The molecule has 28 heavy (non-hydrogen) atoms. The van der Waals surface area contributed by atoms with Crippen LogP contribution in [-0.4, -0.2) is 28.8 Å². The molecular weight excluding hydrogens is 385 g/mol. The van der Waals surface area contributed by atoms with E-state index in [9.17, 15) is 18.0 Å². The van der Waals surface area contributed by atoms with Gasteiger partial charge in [-0.1, -0.05) is 12.1 Å². The fourth-order valence-corrected chi connectivity index (χ4v) is 7.63. The highest BCUT2D eigenvalue weighted by Crippen LogP contribution is 2.55. The third-order valence-electron chi connectivity index (χ3n) is 7.06. The van der Waals surface area contributed by atoms with Crippen molar-refractivity contribution < 1.29 is 18.0 Å². The SMILES string of the molecule is O=C(NC12CC3CC(CC(C3)C1)C2)N1CCSC1c1cccc(C(F)(F)F)c1. The minimum atomic E-state index is -4.37. The summed E-state index contributed by atoms with van der Waals surface area (Å²) in [5, 5.41) is 3.01. The van der Waals surface area contributed by atoms with Crippen LogP contribution in [-0.2, 0) is 6.18 Å². The first-order valence-electron chi connectivity index (χ1n) is 10.2. The quantitative estimate of drug-likeness (QED) is 0.705. The first kappa shape index (κ1) is 18.6. The standard InChI is InChI=1S/C21H25F3N2OS/c22-21(23,24)17-3-1-2-16(9-17)18-26(4-5-28-18)19(27)25-20-10-13-6-14(11-20)8-15(7-13)12-20/h1-3,9,13-15,18H,4-8,10-12H2,(H,25,27). The summed E-state index contributed by atoms with van der Waals surface area (Å²) in [6.07, 6.45) is 2.76. The first-order chi connectivity index (χ1) is 13.3. The average molecular weight is 411 g/mol. The number of hydrogen-bond donors (Lipinski definition) is 1.